The summed E-state index contributed by atoms with van der Waals surface area (Å²) in [5.41, 5.74) is 1.19. The van der Waals surface area contributed by atoms with Crippen molar-refractivity contribution in [2.45, 2.75) is 13.5 Å². The second kappa shape index (κ2) is 7.69. The molecule has 0 fully saturated rings. The molecule has 1 N–H and O–H groups in total. The molecule has 0 atom stereocenters. The quantitative estimate of drug-likeness (QED) is 0.783. The maximum absolute atomic E-state index is 5.35. The minimum absolute atomic E-state index is 0.841. The summed E-state index contributed by atoms with van der Waals surface area (Å²) in [5, 5.41) is 3.42. The molecule has 1 rings (SSSR count). The highest BCUT2D eigenvalue weighted by Crippen LogP contribution is 2.23. The molecule has 0 unspecified atom stereocenters. The Morgan fingerprint density at radius 1 is 1.41 bits per heavy atom. The Morgan fingerprint density at radius 3 is 2.82 bits per heavy atom. The van der Waals surface area contributed by atoms with Gasteiger partial charge >= 0.3 is 0 Å². The number of hydrogen-bond acceptors (Lipinski definition) is 3. The van der Waals surface area contributed by atoms with Crippen molar-refractivity contribution in [3.63, 3.8) is 0 Å². The van der Waals surface area contributed by atoms with Gasteiger partial charge in [-0.15, -0.1) is 0 Å². The Kier molecular flexibility index (Phi) is 6.55. The molecular formula is C13H21BrN2O. The zero-order valence-corrected chi connectivity index (χ0v) is 12.4. The number of likely N-dealkylation sites (N-methyl/N-ethyl adjacent to an activating group) is 1. The van der Waals surface area contributed by atoms with Gasteiger partial charge in [0.2, 0.25) is 0 Å². The van der Waals surface area contributed by atoms with Crippen molar-refractivity contribution < 1.29 is 4.74 Å². The van der Waals surface area contributed by atoms with Crippen LogP contribution in [0.15, 0.2) is 22.7 Å². The summed E-state index contributed by atoms with van der Waals surface area (Å²) in [6, 6.07) is 6.12. The molecule has 0 saturated heterocycles. The largest absolute Gasteiger partial charge is 0.496 e. The fourth-order valence-electron chi connectivity index (χ4n) is 1.52. The van der Waals surface area contributed by atoms with Crippen LogP contribution in [0.3, 0.4) is 0 Å². The van der Waals surface area contributed by atoms with Gasteiger partial charge in [0.05, 0.1) is 7.11 Å². The van der Waals surface area contributed by atoms with Crippen LogP contribution in [0, 0.1) is 0 Å². The predicted molar refractivity (Wildman–Crippen MR) is 75.6 cm³/mol. The van der Waals surface area contributed by atoms with E-state index in [4.69, 9.17) is 4.74 Å². The molecule has 96 valence electrons. The van der Waals surface area contributed by atoms with Crippen LogP contribution in [0.5, 0.6) is 5.75 Å². The van der Waals surface area contributed by atoms with Gasteiger partial charge in [-0.1, -0.05) is 28.9 Å². The average Bonchev–Trinajstić information content (AvgIpc) is 2.35. The van der Waals surface area contributed by atoms with Crippen molar-refractivity contribution in [2.75, 3.05) is 33.8 Å². The number of benzene rings is 1. The van der Waals surface area contributed by atoms with Gasteiger partial charge in [0.1, 0.15) is 5.75 Å². The van der Waals surface area contributed by atoms with Crippen LogP contribution < -0.4 is 10.1 Å². The van der Waals surface area contributed by atoms with Crippen molar-refractivity contribution >= 4 is 15.9 Å². The minimum Gasteiger partial charge on any atom is -0.496 e. The van der Waals surface area contributed by atoms with Crippen molar-refractivity contribution in [3.05, 3.63) is 28.2 Å². The molecule has 0 aromatic heterocycles. The fraction of sp³-hybridized carbons (Fsp3) is 0.538. The van der Waals surface area contributed by atoms with Crippen molar-refractivity contribution in [2.24, 2.45) is 0 Å². The molecule has 0 amide bonds. The van der Waals surface area contributed by atoms with Gasteiger partial charge in [0, 0.05) is 29.7 Å². The average molecular weight is 301 g/mol. The Labute approximate surface area is 112 Å². The Morgan fingerprint density at radius 2 is 2.18 bits per heavy atom. The molecule has 1 aromatic rings. The Balaban J connectivity index is 2.41. The van der Waals surface area contributed by atoms with Crippen LogP contribution >= 0.6 is 15.9 Å². The van der Waals surface area contributed by atoms with Gasteiger partial charge in [-0.2, -0.15) is 0 Å². The second-order valence-corrected chi connectivity index (χ2v) is 4.94. The first kappa shape index (κ1) is 14.5. The van der Waals surface area contributed by atoms with Gasteiger partial charge in [-0.25, -0.2) is 0 Å². The summed E-state index contributed by atoms with van der Waals surface area (Å²) in [6.45, 7) is 6.15. The molecule has 4 heteroatoms. The van der Waals surface area contributed by atoms with Crippen LogP contribution in [0.1, 0.15) is 12.5 Å². The monoisotopic (exact) mass is 300 g/mol. The third kappa shape index (κ3) is 5.06. The van der Waals surface area contributed by atoms with Crippen LogP contribution in [-0.2, 0) is 6.54 Å². The first-order valence-electron chi connectivity index (χ1n) is 5.89. The lowest BCUT2D eigenvalue weighted by Crippen LogP contribution is -2.28. The van der Waals surface area contributed by atoms with E-state index in [-0.39, 0.29) is 0 Å². The lowest BCUT2D eigenvalue weighted by atomic mass is 10.2. The highest BCUT2D eigenvalue weighted by atomic mass is 79.9. The van der Waals surface area contributed by atoms with E-state index in [1.165, 1.54) is 5.56 Å². The van der Waals surface area contributed by atoms with E-state index < -0.39 is 0 Å². The second-order valence-electron chi connectivity index (χ2n) is 4.03. The number of halogens is 1. The maximum atomic E-state index is 5.35. The molecule has 0 spiro atoms. The third-order valence-electron chi connectivity index (χ3n) is 2.77. The summed E-state index contributed by atoms with van der Waals surface area (Å²) in [6.07, 6.45) is 0. The molecule has 0 radical (unpaired) electrons. The standard InChI is InChI=1S/C13H21BrN2O/c1-4-16(2)8-7-15-10-11-5-6-12(14)9-13(11)17-3/h5-6,9,15H,4,7-8,10H2,1-3H3. The number of nitrogens with one attached hydrogen (secondary N) is 1. The third-order valence-corrected chi connectivity index (χ3v) is 3.27. The van der Waals surface area contributed by atoms with Gasteiger partial charge in [0.25, 0.3) is 0 Å². The smallest absolute Gasteiger partial charge is 0.124 e. The molecule has 0 heterocycles. The lowest BCUT2D eigenvalue weighted by Gasteiger charge is -2.15. The van der Waals surface area contributed by atoms with Gasteiger partial charge < -0.3 is 15.0 Å². The van der Waals surface area contributed by atoms with Gasteiger partial charge in [-0.3, -0.25) is 0 Å². The van der Waals surface area contributed by atoms with Crippen LogP contribution in [-0.4, -0.2) is 38.7 Å². The fourth-order valence-corrected chi connectivity index (χ4v) is 1.86. The van der Waals surface area contributed by atoms with Gasteiger partial charge in [0.15, 0.2) is 0 Å². The van der Waals surface area contributed by atoms with Gasteiger partial charge in [-0.05, 0) is 25.7 Å². The number of methoxy groups -OCH3 is 1. The van der Waals surface area contributed by atoms with Crippen LogP contribution in [0.2, 0.25) is 0 Å². The summed E-state index contributed by atoms with van der Waals surface area (Å²) < 4.78 is 6.39. The number of nitrogens with zero attached hydrogens (tertiary/aromatic N) is 1. The van der Waals surface area contributed by atoms with Crippen molar-refractivity contribution in [1.29, 1.82) is 0 Å². The molecule has 0 aliphatic rings. The van der Waals surface area contributed by atoms with E-state index in [1.807, 2.05) is 12.1 Å². The Bertz CT molecular complexity index is 344. The van der Waals surface area contributed by atoms with E-state index in [0.717, 1.165) is 36.4 Å². The summed E-state index contributed by atoms with van der Waals surface area (Å²) in [5.74, 6) is 0.927. The highest BCUT2D eigenvalue weighted by Gasteiger charge is 2.03. The molecule has 1 aromatic carbocycles. The summed E-state index contributed by atoms with van der Waals surface area (Å²) >= 11 is 3.44. The van der Waals surface area contributed by atoms with E-state index in [1.54, 1.807) is 7.11 Å². The first-order chi connectivity index (χ1) is 8.17. The summed E-state index contributed by atoms with van der Waals surface area (Å²) in [7, 11) is 3.83. The van der Waals surface area contributed by atoms with Crippen LogP contribution in [0.25, 0.3) is 0 Å². The van der Waals surface area contributed by atoms with E-state index >= 15 is 0 Å². The molecule has 0 bridgehead atoms. The van der Waals surface area contributed by atoms with E-state index in [2.05, 4.69) is 46.2 Å². The number of hydrogen-bond donors (Lipinski definition) is 1. The normalized spacial score (nSPS) is 10.9. The zero-order valence-electron chi connectivity index (χ0n) is 10.8. The minimum atomic E-state index is 0.841. The predicted octanol–water partition coefficient (Wildman–Crippen LogP) is 2.50. The Hall–Kier alpha value is -0.580. The highest BCUT2D eigenvalue weighted by molar-refractivity contribution is 9.10. The van der Waals surface area contributed by atoms with Crippen LogP contribution in [0.4, 0.5) is 0 Å². The zero-order chi connectivity index (χ0) is 12.7. The molecule has 17 heavy (non-hydrogen) atoms. The van der Waals surface area contributed by atoms with Crippen molar-refractivity contribution in [1.82, 2.24) is 10.2 Å². The van der Waals surface area contributed by atoms with E-state index in [0.29, 0.717) is 0 Å². The number of rotatable bonds is 7. The molecule has 0 aliphatic heterocycles. The molecule has 0 aliphatic carbocycles. The molecule has 3 nitrogen and oxygen atoms in total. The summed E-state index contributed by atoms with van der Waals surface area (Å²) in [4.78, 5) is 2.28. The molecule has 0 saturated carbocycles. The maximum Gasteiger partial charge on any atom is 0.124 e. The molecular weight excluding hydrogens is 280 g/mol. The first-order valence-corrected chi connectivity index (χ1v) is 6.68. The van der Waals surface area contributed by atoms with E-state index in [9.17, 15) is 0 Å². The lowest BCUT2D eigenvalue weighted by molar-refractivity contribution is 0.347. The number of ether oxygens (including phenoxy) is 1. The topological polar surface area (TPSA) is 24.5 Å². The SMILES string of the molecule is CCN(C)CCNCc1ccc(Br)cc1OC. The van der Waals surface area contributed by atoms with Crippen molar-refractivity contribution in [3.8, 4) is 5.75 Å².